The van der Waals surface area contributed by atoms with Crippen LogP contribution in [0.4, 0.5) is 45.5 Å². The first-order valence-electron chi connectivity index (χ1n) is 17.1. The summed E-state index contributed by atoms with van der Waals surface area (Å²) in [5.41, 5.74) is 6.59. The maximum absolute atomic E-state index is 12.3. The highest BCUT2D eigenvalue weighted by atomic mass is 16.6. The molecule has 0 spiro atoms. The van der Waals surface area contributed by atoms with Crippen molar-refractivity contribution in [2.24, 2.45) is 23.3 Å². The number of primary amides is 2. The van der Waals surface area contributed by atoms with Gasteiger partial charge in [-0.25, -0.2) is 9.59 Å². The summed E-state index contributed by atoms with van der Waals surface area (Å²) in [5.74, 6) is -5.70. The average molecular weight is 813 g/mol. The fourth-order valence-corrected chi connectivity index (χ4v) is 5.75. The number of anilines is 4. The summed E-state index contributed by atoms with van der Waals surface area (Å²) < 4.78 is 0. The maximum Gasteiger partial charge on any atom is 0.326 e. The number of carbonyl (C=O) groups excluding carboxylic acids is 2. The number of nitro groups is 4. The molecule has 3 rings (SSSR count). The summed E-state index contributed by atoms with van der Waals surface area (Å²) in [7, 11) is 0. The number of carboxylic acid groups (broad SMARTS) is 2. The van der Waals surface area contributed by atoms with Crippen LogP contribution in [0.2, 0.25) is 0 Å². The monoisotopic (exact) mass is 812 g/mol. The number of amides is 2. The zero-order valence-corrected chi connectivity index (χ0v) is 31.2. The van der Waals surface area contributed by atoms with Crippen LogP contribution in [-0.2, 0) is 32.0 Å². The van der Waals surface area contributed by atoms with Crippen LogP contribution in [0, 0.1) is 52.3 Å². The minimum Gasteiger partial charge on any atom is -0.480 e. The average Bonchev–Trinajstić information content (AvgIpc) is 3.12. The Morgan fingerprint density at radius 2 is 0.776 bits per heavy atom. The van der Waals surface area contributed by atoms with Crippen LogP contribution in [-0.4, -0.2) is 77.8 Å². The molecule has 10 N–H and O–H groups in total. The number of aliphatic carboxylic acids is 2. The smallest absolute Gasteiger partial charge is 0.326 e. The molecule has 24 nitrogen and oxygen atoms in total. The zero-order valence-electron chi connectivity index (χ0n) is 31.2. The molecule has 3 aromatic rings. The van der Waals surface area contributed by atoms with E-state index in [0.717, 1.165) is 24.3 Å². The lowest BCUT2D eigenvalue weighted by Gasteiger charge is -2.21. The number of nitro benzene ring substituents is 4. The largest absolute Gasteiger partial charge is 0.480 e. The Labute approximate surface area is 327 Å². The van der Waals surface area contributed by atoms with Gasteiger partial charge in [-0.15, -0.1) is 0 Å². The van der Waals surface area contributed by atoms with Gasteiger partial charge in [-0.3, -0.25) is 50.0 Å². The van der Waals surface area contributed by atoms with Crippen molar-refractivity contribution in [1.82, 2.24) is 0 Å². The third kappa shape index (κ3) is 11.2. The zero-order chi connectivity index (χ0) is 43.8. The highest BCUT2D eigenvalue weighted by Crippen LogP contribution is 2.39. The van der Waals surface area contributed by atoms with Crippen molar-refractivity contribution in [3.05, 3.63) is 100 Å². The summed E-state index contributed by atoms with van der Waals surface area (Å²) >= 11 is 0. The number of rotatable bonds is 22. The van der Waals surface area contributed by atoms with Gasteiger partial charge in [0, 0.05) is 37.1 Å². The Morgan fingerprint density at radius 1 is 0.534 bits per heavy atom. The molecule has 0 bridgehead atoms. The molecule has 0 aliphatic heterocycles. The molecule has 2 amide bonds. The highest BCUT2D eigenvalue weighted by molar-refractivity contribution is 5.88. The summed E-state index contributed by atoms with van der Waals surface area (Å²) in [6.45, 7) is 6.35. The lowest BCUT2D eigenvalue weighted by molar-refractivity contribution is -0.387. The van der Waals surface area contributed by atoms with E-state index in [1.54, 1.807) is 27.7 Å². The lowest BCUT2D eigenvalue weighted by Crippen LogP contribution is -2.39. The van der Waals surface area contributed by atoms with Gasteiger partial charge in [0.15, 0.2) is 0 Å². The molecule has 24 heteroatoms. The van der Waals surface area contributed by atoms with Crippen LogP contribution < -0.4 is 32.7 Å². The summed E-state index contributed by atoms with van der Waals surface area (Å²) in [6, 6.07) is 3.21. The van der Waals surface area contributed by atoms with Gasteiger partial charge < -0.3 is 42.9 Å². The Balaban J connectivity index is 1.91. The second kappa shape index (κ2) is 18.8. The molecule has 0 fully saturated rings. The van der Waals surface area contributed by atoms with E-state index < -0.39 is 125 Å². The normalized spacial score (nSPS) is 13.1. The fourth-order valence-electron chi connectivity index (χ4n) is 5.75. The van der Waals surface area contributed by atoms with Crippen LogP contribution in [0.1, 0.15) is 38.8 Å². The number of nitrogens with zero attached hydrogens (tertiary/aromatic N) is 4. The summed E-state index contributed by atoms with van der Waals surface area (Å²) in [6.07, 6.45) is -0.691. The number of hydrogen-bond acceptors (Lipinski definition) is 16. The molecule has 0 aliphatic rings. The highest BCUT2D eigenvalue weighted by Gasteiger charge is 2.32. The van der Waals surface area contributed by atoms with Crippen molar-refractivity contribution in [1.29, 1.82) is 0 Å². The molecule has 0 aliphatic carbocycles. The van der Waals surface area contributed by atoms with Crippen molar-refractivity contribution in [3.63, 3.8) is 0 Å². The Morgan fingerprint density at radius 3 is 0.966 bits per heavy atom. The van der Waals surface area contributed by atoms with Gasteiger partial charge in [0.05, 0.1) is 19.7 Å². The molecule has 0 radical (unpaired) electrons. The first kappa shape index (κ1) is 44.7. The minimum absolute atomic E-state index is 0.310. The summed E-state index contributed by atoms with van der Waals surface area (Å²) in [5, 5.41) is 77.9. The second-order valence-corrected chi connectivity index (χ2v) is 13.6. The van der Waals surface area contributed by atoms with Gasteiger partial charge in [0.25, 0.3) is 22.7 Å². The van der Waals surface area contributed by atoms with Gasteiger partial charge in [-0.05, 0) is 23.0 Å². The van der Waals surface area contributed by atoms with E-state index >= 15 is 0 Å². The second-order valence-electron chi connectivity index (χ2n) is 13.6. The molecule has 3 aromatic carbocycles. The molecule has 0 heterocycles. The molecule has 310 valence electrons. The van der Waals surface area contributed by atoms with Crippen LogP contribution in [0.25, 0.3) is 0 Å². The first-order chi connectivity index (χ1) is 27.0. The lowest BCUT2D eigenvalue weighted by atomic mass is 10.00. The molecule has 0 aromatic heterocycles. The van der Waals surface area contributed by atoms with E-state index in [9.17, 15) is 69.8 Å². The van der Waals surface area contributed by atoms with Crippen molar-refractivity contribution >= 4 is 69.3 Å². The summed E-state index contributed by atoms with van der Waals surface area (Å²) in [4.78, 5) is 92.7. The molecular formula is C34H40N10O14. The Hall–Kier alpha value is -7.66. The van der Waals surface area contributed by atoms with E-state index in [2.05, 4.69) is 21.3 Å². The number of carboxylic acids is 2. The van der Waals surface area contributed by atoms with Gasteiger partial charge in [-0.2, -0.15) is 0 Å². The van der Waals surface area contributed by atoms with Gasteiger partial charge in [-0.1, -0.05) is 52.0 Å². The molecule has 0 saturated heterocycles. The number of hydrogen-bond donors (Lipinski definition) is 8. The van der Waals surface area contributed by atoms with Gasteiger partial charge in [0.2, 0.25) is 11.8 Å². The Kier molecular flexibility index (Phi) is 14.5. The molecular weight excluding hydrogens is 772 g/mol. The SMILES string of the molecule is CC(C)[C@@H](Nc1cc([N+](=O)[O-])c(N[C@@H](Cc2ccc(C[C@H](Nc3cc([N+](=O)[O-])c(N[C@@H](C(N)=O)C(C)C)cc3[N+](=O)[O-])C(=O)O)cc2)C(=O)O)cc1[N+](=O)[O-])C(N)=O. The van der Waals surface area contributed by atoms with Crippen LogP contribution in [0.5, 0.6) is 0 Å². The van der Waals surface area contributed by atoms with E-state index in [0.29, 0.717) is 11.1 Å². The number of nitrogens with one attached hydrogen (secondary N) is 4. The standard InChI is InChI=1S/C34H40N10O14/c1-15(2)29(31(35)45)39-21-13-25(41(51)52)19(11-27(21)43(55)56)37-23(33(47)48)9-17-5-7-18(8-6-17)10-24(34(49)50)38-20-12-28(44(57)58)22(14-26(20)42(53)54)40-30(16(3)4)32(36)46/h5-8,11-16,23-24,29-30,37-40H,9-10H2,1-4H3,(H2,35,45)(H2,36,46)(H,47,48)(H,49,50)/t23-,24-,29+,30+/m0/s1. The molecule has 58 heavy (non-hydrogen) atoms. The number of benzene rings is 3. The Bertz CT molecular complexity index is 1980. The van der Waals surface area contributed by atoms with Crippen molar-refractivity contribution in [2.45, 2.75) is 64.7 Å². The predicted octanol–water partition coefficient (Wildman–Crippen LogP) is 3.38. The topological polar surface area (TPSA) is 381 Å². The van der Waals surface area contributed by atoms with Crippen molar-refractivity contribution in [3.8, 4) is 0 Å². The predicted molar refractivity (Wildman–Crippen MR) is 206 cm³/mol. The third-order valence-electron chi connectivity index (χ3n) is 8.74. The molecule has 4 atom stereocenters. The molecule has 0 unspecified atom stereocenters. The van der Waals surface area contributed by atoms with E-state index in [-0.39, 0.29) is 12.8 Å². The maximum atomic E-state index is 12.3. The number of carbonyl (C=O) groups is 4. The van der Waals surface area contributed by atoms with Crippen LogP contribution >= 0.6 is 0 Å². The van der Waals surface area contributed by atoms with E-state index in [1.165, 1.54) is 24.3 Å². The van der Waals surface area contributed by atoms with Crippen LogP contribution in [0.3, 0.4) is 0 Å². The van der Waals surface area contributed by atoms with Gasteiger partial charge >= 0.3 is 11.9 Å². The van der Waals surface area contributed by atoms with Gasteiger partial charge in [0.1, 0.15) is 46.9 Å². The fraction of sp³-hybridized carbons (Fsp3) is 0.353. The quantitative estimate of drug-likeness (QED) is 0.0532. The molecule has 0 saturated carbocycles. The first-order valence-corrected chi connectivity index (χ1v) is 17.1. The number of nitrogens with two attached hydrogens (primary N) is 2. The third-order valence-corrected chi connectivity index (χ3v) is 8.74. The van der Waals surface area contributed by atoms with Crippen molar-refractivity contribution < 1.29 is 49.1 Å². The van der Waals surface area contributed by atoms with Crippen molar-refractivity contribution in [2.75, 3.05) is 21.3 Å². The van der Waals surface area contributed by atoms with E-state index in [1.807, 2.05) is 0 Å². The minimum atomic E-state index is -1.60. The van der Waals surface area contributed by atoms with Crippen LogP contribution in [0.15, 0.2) is 48.5 Å². The van der Waals surface area contributed by atoms with E-state index in [4.69, 9.17) is 11.5 Å².